The molecule has 38 heavy (non-hydrogen) atoms. The van der Waals surface area contributed by atoms with Gasteiger partial charge in [-0.1, -0.05) is 42.4 Å². The summed E-state index contributed by atoms with van der Waals surface area (Å²) in [5, 5.41) is 7.39. The summed E-state index contributed by atoms with van der Waals surface area (Å²) in [6.07, 6.45) is 9.97. The molecule has 2 aromatic rings. The Bertz CT molecular complexity index is 1210. The first-order valence-corrected chi connectivity index (χ1v) is 14.1. The number of nitrogens with one attached hydrogen (secondary N) is 2. The minimum atomic E-state index is -0.0942. The Labute approximate surface area is 234 Å². The standard InChI is InChI=1S/C29H34ClN3O4S/c1-35-28-18(5-2-8-22(28)30)10-11-25(38)26-27(21-7-3-9-23(21)33-29(26)34)32-15-19-12-13-31-16-24(19)37-17-20-6-4-14-36-20/h2,5,8,12-13,16,20-21,23,32H,3-4,6-7,9-11,14-15,17H2,1H3,(H,33,34)/t20-,21-,23+/m0/s1. The number of ether oxygens (including phenoxy) is 3. The number of amides is 1. The van der Waals surface area contributed by atoms with E-state index >= 15 is 0 Å². The van der Waals surface area contributed by atoms with Crippen molar-refractivity contribution in [3.05, 3.63) is 64.1 Å². The van der Waals surface area contributed by atoms with Gasteiger partial charge in [0.2, 0.25) is 0 Å². The van der Waals surface area contributed by atoms with Gasteiger partial charge in [0.05, 0.1) is 30.0 Å². The summed E-state index contributed by atoms with van der Waals surface area (Å²) < 4.78 is 17.3. The molecule has 7 nitrogen and oxygen atoms in total. The summed E-state index contributed by atoms with van der Waals surface area (Å²) in [7, 11) is 1.61. The van der Waals surface area contributed by atoms with Crippen LogP contribution in [0, 0.1) is 5.92 Å². The Morgan fingerprint density at radius 1 is 1.24 bits per heavy atom. The number of carbonyl (C=O) groups excluding carboxylic acids is 1. The predicted molar refractivity (Wildman–Crippen MR) is 151 cm³/mol. The quantitative estimate of drug-likeness (QED) is 0.380. The summed E-state index contributed by atoms with van der Waals surface area (Å²) in [4.78, 5) is 18.2. The normalized spacial score (nSPS) is 22.7. The van der Waals surface area contributed by atoms with Gasteiger partial charge in [0, 0.05) is 47.4 Å². The van der Waals surface area contributed by atoms with Gasteiger partial charge in [-0.05, 0) is 56.2 Å². The van der Waals surface area contributed by atoms with Crippen molar-refractivity contribution in [1.29, 1.82) is 0 Å². The summed E-state index contributed by atoms with van der Waals surface area (Å²) in [6.45, 7) is 1.82. The van der Waals surface area contributed by atoms with E-state index in [9.17, 15) is 4.79 Å². The second kappa shape index (κ2) is 12.5. The van der Waals surface area contributed by atoms with Gasteiger partial charge in [-0.3, -0.25) is 9.78 Å². The van der Waals surface area contributed by atoms with E-state index in [-0.39, 0.29) is 24.0 Å². The van der Waals surface area contributed by atoms with Crippen LogP contribution in [-0.2, 0) is 22.5 Å². The van der Waals surface area contributed by atoms with E-state index < -0.39 is 0 Å². The fourth-order valence-corrected chi connectivity index (χ4v) is 6.28. The third-order valence-electron chi connectivity index (χ3n) is 7.64. The Kier molecular flexibility index (Phi) is 8.82. The highest BCUT2D eigenvalue weighted by Crippen LogP contribution is 2.37. The Morgan fingerprint density at radius 2 is 2.13 bits per heavy atom. The molecule has 1 amide bonds. The third-order valence-corrected chi connectivity index (χ3v) is 8.35. The Hall–Kier alpha value is -2.68. The van der Waals surface area contributed by atoms with Gasteiger partial charge < -0.3 is 24.8 Å². The van der Waals surface area contributed by atoms with Crippen molar-refractivity contribution in [3.63, 3.8) is 0 Å². The zero-order valence-electron chi connectivity index (χ0n) is 21.6. The van der Waals surface area contributed by atoms with E-state index in [4.69, 9.17) is 38.0 Å². The lowest BCUT2D eigenvalue weighted by molar-refractivity contribution is -0.118. The average molecular weight is 556 g/mol. The molecular weight excluding hydrogens is 522 g/mol. The van der Waals surface area contributed by atoms with Crippen LogP contribution in [0.5, 0.6) is 11.5 Å². The lowest BCUT2D eigenvalue weighted by Crippen LogP contribution is -2.48. The molecule has 1 saturated carbocycles. The highest BCUT2D eigenvalue weighted by molar-refractivity contribution is 7.81. The molecule has 2 N–H and O–H groups in total. The largest absolute Gasteiger partial charge is 0.495 e. The molecule has 0 bridgehead atoms. The lowest BCUT2D eigenvalue weighted by atomic mass is 9.88. The summed E-state index contributed by atoms with van der Waals surface area (Å²) >= 11 is 12.2. The average Bonchev–Trinajstić information content (AvgIpc) is 3.61. The first-order chi connectivity index (χ1) is 18.5. The maximum Gasteiger partial charge on any atom is 0.254 e. The maximum absolute atomic E-state index is 13.3. The van der Waals surface area contributed by atoms with Crippen LogP contribution in [0.25, 0.3) is 0 Å². The molecule has 1 aromatic heterocycles. The van der Waals surface area contributed by atoms with Gasteiger partial charge >= 0.3 is 0 Å². The predicted octanol–water partition coefficient (Wildman–Crippen LogP) is 4.95. The van der Waals surface area contributed by atoms with Crippen molar-refractivity contribution in [1.82, 2.24) is 15.6 Å². The molecule has 202 valence electrons. The minimum absolute atomic E-state index is 0.0942. The highest BCUT2D eigenvalue weighted by Gasteiger charge is 2.39. The lowest BCUT2D eigenvalue weighted by Gasteiger charge is -2.32. The number of para-hydroxylation sites is 1. The second-order valence-corrected chi connectivity index (χ2v) is 10.9. The molecule has 5 rings (SSSR count). The van der Waals surface area contributed by atoms with Gasteiger partial charge in [-0.25, -0.2) is 0 Å². The third kappa shape index (κ3) is 5.98. The second-order valence-electron chi connectivity index (χ2n) is 10.0. The van der Waals surface area contributed by atoms with Gasteiger partial charge in [0.25, 0.3) is 5.91 Å². The first-order valence-electron chi connectivity index (χ1n) is 13.4. The maximum atomic E-state index is 13.3. The topological polar surface area (TPSA) is 81.7 Å². The molecule has 2 aliphatic heterocycles. The van der Waals surface area contributed by atoms with Crippen LogP contribution < -0.4 is 20.1 Å². The zero-order valence-corrected chi connectivity index (χ0v) is 23.2. The number of nitrogens with zero attached hydrogens (tertiary/aromatic N) is 1. The van der Waals surface area contributed by atoms with Gasteiger partial charge in [-0.15, -0.1) is 0 Å². The number of halogens is 1. The molecule has 3 heterocycles. The molecule has 0 unspecified atom stereocenters. The number of benzene rings is 1. The number of rotatable bonds is 11. The van der Waals surface area contributed by atoms with Crippen LogP contribution in [0.15, 0.2) is 47.9 Å². The van der Waals surface area contributed by atoms with E-state index in [0.29, 0.717) is 47.2 Å². The first kappa shape index (κ1) is 26.9. The van der Waals surface area contributed by atoms with E-state index in [2.05, 4.69) is 15.6 Å². The number of hydrogen-bond acceptors (Lipinski definition) is 7. The molecule has 1 saturated heterocycles. The number of thiocarbonyl (C=S) groups is 1. The van der Waals surface area contributed by atoms with Crippen LogP contribution in [0.4, 0.5) is 0 Å². The number of aryl methyl sites for hydroxylation is 1. The minimum Gasteiger partial charge on any atom is -0.495 e. The van der Waals surface area contributed by atoms with Crippen LogP contribution in [0.2, 0.25) is 5.02 Å². The number of pyridine rings is 1. The summed E-state index contributed by atoms with van der Waals surface area (Å²) in [5.41, 5.74) is 3.50. The molecular formula is C29H34ClN3O4S. The smallest absolute Gasteiger partial charge is 0.254 e. The number of carbonyl (C=O) groups is 1. The monoisotopic (exact) mass is 555 g/mol. The number of hydrogen-bond donors (Lipinski definition) is 2. The Balaban J connectivity index is 1.34. The van der Waals surface area contributed by atoms with Crippen molar-refractivity contribution >= 4 is 34.6 Å². The van der Waals surface area contributed by atoms with Gasteiger partial charge in [0.15, 0.2) is 0 Å². The van der Waals surface area contributed by atoms with Crippen LogP contribution in [-0.4, -0.2) is 48.2 Å². The fraction of sp³-hybridized carbons (Fsp3) is 0.483. The van der Waals surface area contributed by atoms with Crippen molar-refractivity contribution in [2.45, 2.75) is 63.6 Å². The molecule has 9 heteroatoms. The molecule has 3 atom stereocenters. The molecule has 2 fully saturated rings. The van der Waals surface area contributed by atoms with Crippen molar-refractivity contribution in [2.75, 3.05) is 20.3 Å². The highest BCUT2D eigenvalue weighted by atomic mass is 35.5. The zero-order chi connectivity index (χ0) is 26.5. The molecule has 0 spiro atoms. The Morgan fingerprint density at radius 3 is 2.95 bits per heavy atom. The molecule has 1 aromatic carbocycles. The van der Waals surface area contributed by atoms with E-state index in [1.165, 1.54) is 0 Å². The van der Waals surface area contributed by atoms with Crippen molar-refractivity contribution in [2.24, 2.45) is 5.92 Å². The molecule has 3 aliphatic rings. The SMILES string of the molecule is COc1c(Cl)cccc1CCC(=S)C1=C(NCc2ccncc2OC[C@@H]2CCCO2)[C@H]2CCC[C@H]2NC1=O. The number of aromatic nitrogens is 1. The van der Waals surface area contributed by atoms with Crippen LogP contribution in [0.3, 0.4) is 0 Å². The summed E-state index contributed by atoms with van der Waals surface area (Å²) in [6, 6.07) is 7.78. The fourth-order valence-electron chi connectivity index (χ4n) is 5.71. The van der Waals surface area contributed by atoms with Crippen LogP contribution in [0.1, 0.15) is 49.7 Å². The van der Waals surface area contributed by atoms with E-state index in [1.807, 2.05) is 18.2 Å². The van der Waals surface area contributed by atoms with Crippen molar-refractivity contribution < 1.29 is 19.0 Å². The van der Waals surface area contributed by atoms with E-state index in [0.717, 1.165) is 61.3 Å². The van der Waals surface area contributed by atoms with Gasteiger partial charge in [-0.2, -0.15) is 0 Å². The molecule has 0 radical (unpaired) electrons. The molecule has 1 aliphatic carbocycles. The summed E-state index contributed by atoms with van der Waals surface area (Å²) in [5.74, 6) is 1.51. The van der Waals surface area contributed by atoms with E-state index in [1.54, 1.807) is 25.6 Å². The number of methoxy groups -OCH3 is 1. The number of fused-ring (bicyclic) bond motifs is 1. The van der Waals surface area contributed by atoms with Gasteiger partial charge in [0.1, 0.15) is 18.1 Å². The van der Waals surface area contributed by atoms with Crippen LogP contribution >= 0.6 is 23.8 Å². The van der Waals surface area contributed by atoms with Crippen molar-refractivity contribution in [3.8, 4) is 11.5 Å².